The number of amides is 1. The van der Waals surface area contributed by atoms with Crippen LogP contribution in [0.4, 0.5) is 5.69 Å². The molecule has 2 saturated heterocycles. The first-order chi connectivity index (χ1) is 13.7. The minimum Gasteiger partial charge on any atom is -0.379 e. The normalized spacial score (nSPS) is 17.6. The largest absolute Gasteiger partial charge is 0.379 e. The Labute approximate surface area is 189 Å². The Morgan fingerprint density at radius 1 is 1.23 bits per heavy atom. The Morgan fingerprint density at radius 3 is 2.70 bits per heavy atom. The van der Waals surface area contributed by atoms with E-state index < -0.39 is 0 Å². The maximum Gasteiger partial charge on any atom is 0.277 e. The molecule has 0 spiro atoms. The molecular weight excluding hydrogens is 427 g/mol. The zero-order valence-electron chi connectivity index (χ0n) is 17.2. The molecule has 30 heavy (non-hydrogen) atoms. The summed E-state index contributed by atoms with van der Waals surface area (Å²) in [5.74, 6) is -0.216. The van der Waals surface area contributed by atoms with Gasteiger partial charge in [-0.15, -0.1) is 29.9 Å². The van der Waals surface area contributed by atoms with Crippen molar-refractivity contribution in [2.75, 3.05) is 44.7 Å². The molecule has 0 radical (unpaired) electrons. The number of carbonyl (C=O) groups excluding carboxylic acids is 1. The smallest absolute Gasteiger partial charge is 0.277 e. The predicted octanol–water partition coefficient (Wildman–Crippen LogP) is 2.44. The lowest BCUT2D eigenvalue weighted by Crippen LogP contribution is -2.35. The predicted molar refractivity (Wildman–Crippen MR) is 121 cm³/mol. The number of benzene rings is 1. The summed E-state index contributed by atoms with van der Waals surface area (Å²) in [7, 11) is 0. The average Bonchev–Trinajstić information content (AvgIpc) is 3.22. The van der Waals surface area contributed by atoms with Crippen LogP contribution in [0.15, 0.2) is 24.4 Å². The van der Waals surface area contributed by atoms with Gasteiger partial charge in [-0.25, -0.2) is 4.68 Å². The molecule has 1 amide bonds. The van der Waals surface area contributed by atoms with Crippen LogP contribution in [-0.4, -0.2) is 65.2 Å². The molecule has 0 saturated carbocycles. The van der Waals surface area contributed by atoms with Gasteiger partial charge in [0.05, 0.1) is 25.5 Å². The molecule has 8 nitrogen and oxygen atoms in total. The zero-order chi connectivity index (χ0) is 19.3. The highest BCUT2D eigenvalue weighted by Crippen LogP contribution is 2.20. The Bertz CT molecular complexity index is 819. The molecule has 2 aliphatic heterocycles. The lowest BCUT2D eigenvalue weighted by Gasteiger charge is -2.26. The second-order valence-corrected chi connectivity index (χ2v) is 7.56. The quantitative estimate of drug-likeness (QED) is 0.718. The van der Waals surface area contributed by atoms with Crippen molar-refractivity contribution >= 4 is 36.4 Å². The number of nitrogens with zero attached hydrogens (tertiary/aromatic N) is 4. The van der Waals surface area contributed by atoms with E-state index in [9.17, 15) is 4.79 Å². The van der Waals surface area contributed by atoms with Crippen molar-refractivity contribution in [2.45, 2.75) is 32.4 Å². The number of ether oxygens (including phenoxy) is 1. The fourth-order valence-electron chi connectivity index (χ4n) is 3.74. The van der Waals surface area contributed by atoms with Crippen LogP contribution in [0.25, 0.3) is 0 Å². The van der Waals surface area contributed by atoms with Crippen molar-refractivity contribution in [3.63, 3.8) is 0 Å². The van der Waals surface area contributed by atoms with E-state index in [0.717, 1.165) is 70.0 Å². The third kappa shape index (κ3) is 6.15. The average molecular weight is 457 g/mol. The van der Waals surface area contributed by atoms with E-state index in [1.165, 1.54) is 5.56 Å². The molecule has 166 valence electrons. The maximum absolute atomic E-state index is 12.7. The van der Waals surface area contributed by atoms with E-state index in [4.69, 9.17) is 4.74 Å². The zero-order valence-corrected chi connectivity index (χ0v) is 18.8. The van der Waals surface area contributed by atoms with Crippen molar-refractivity contribution in [3.05, 3.63) is 41.2 Å². The number of anilines is 1. The summed E-state index contributed by atoms with van der Waals surface area (Å²) < 4.78 is 7.24. The highest BCUT2D eigenvalue weighted by Gasteiger charge is 2.19. The molecule has 0 aliphatic carbocycles. The first-order valence-corrected chi connectivity index (χ1v) is 10.0. The highest BCUT2D eigenvalue weighted by atomic mass is 35.5. The van der Waals surface area contributed by atoms with Crippen LogP contribution in [-0.2, 0) is 11.3 Å². The number of aromatic nitrogens is 3. The van der Waals surface area contributed by atoms with Gasteiger partial charge in [0.25, 0.3) is 5.91 Å². The van der Waals surface area contributed by atoms with Gasteiger partial charge < -0.3 is 15.4 Å². The third-order valence-electron chi connectivity index (χ3n) is 5.49. The molecule has 4 rings (SSSR count). The van der Waals surface area contributed by atoms with Crippen molar-refractivity contribution in [1.29, 1.82) is 0 Å². The molecule has 3 heterocycles. The highest BCUT2D eigenvalue weighted by molar-refractivity contribution is 6.03. The molecule has 2 N–H and O–H groups in total. The van der Waals surface area contributed by atoms with Gasteiger partial charge in [-0.05, 0) is 50.0 Å². The minimum absolute atomic E-state index is 0. The summed E-state index contributed by atoms with van der Waals surface area (Å²) in [6, 6.07) is 6.54. The molecule has 0 atom stereocenters. The molecule has 0 bridgehead atoms. The minimum atomic E-state index is -0.216. The van der Waals surface area contributed by atoms with Gasteiger partial charge in [0.15, 0.2) is 5.69 Å². The number of morpholine rings is 1. The van der Waals surface area contributed by atoms with Crippen molar-refractivity contribution in [1.82, 2.24) is 25.2 Å². The molecule has 2 aliphatic rings. The number of hydrogen-bond acceptors (Lipinski definition) is 6. The van der Waals surface area contributed by atoms with Crippen LogP contribution in [0.1, 0.15) is 40.5 Å². The fourth-order valence-corrected chi connectivity index (χ4v) is 3.74. The number of hydrogen-bond donors (Lipinski definition) is 2. The SMILES string of the molecule is Cc1ccc(CN2CCOCC2)cc1NC(=O)c1cn(C2CCNCC2)nn1.Cl.Cl. The van der Waals surface area contributed by atoms with Gasteiger partial charge in [0.1, 0.15) is 0 Å². The summed E-state index contributed by atoms with van der Waals surface area (Å²) in [5, 5.41) is 14.6. The lowest BCUT2D eigenvalue weighted by atomic mass is 10.1. The Morgan fingerprint density at radius 2 is 1.97 bits per heavy atom. The Kier molecular flexibility index (Phi) is 9.51. The maximum atomic E-state index is 12.7. The molecule has 1 aromatic heterocycles. The van der Waals surface area contributed by atoms with Gasteiger partial charge in [-0.1, -0.05) is 17.3 Å². The molecule has 1 aromatic carbocycles. The summed E-state index contributed by atoms with van der Waals surface area (Å²) in [5.41, 5.74) is 3.40. The van der Waals surface area contributed by atoms with Gasteiger partial charge in [0, 0.05) is 25.3 Å². The van der Waals surface area contributed by atoms with E-state index >= 15 is 0 Å². The number of carbonyl (C=O) groups is 1. The number of aryl methyl sites for hydroxylation is 1. The fraction of sp³-hybridized carbons (Fsp3) is 0.550. The van der Waals surface area contributed by atoms with E-state index in [1.54, 1.807) is 6.20 Å². The van der Waals surface area contributed by atoms with Gasteiger partial charge in [0.2, 0.25) is 0 Å². The van der Waals surface area contributed by atoms with Crippen molar-refractivity contribution < 1.29 is 9.53 Å². The topological polar surface area (TPSA) is 84.3 Å². The summed E-state index contributed by atoms with van der Waals surface area (Å²) in [6.45, 7) is 8.25. The molecular formula is C20H30Cl2N6O2. The van der Waals surface area contributed by atoms with Crippen LogP contribution in [0.3, 0.4) is 0 Å². The Balaban J connectivity index is 0.00000160. The van der Waals surface area contributed by atoms with Crippen molar-refractivity contribution in [3.8, 4) is 0 Å². The summed E-state index contributed by atoms with van der Waals surface area (Å²) in [4.78, 5) is 15.1. The first-order valence-electron chi connectivity index (χ1n) is 10.0. The van der Waals surface area contributed by atoms with Crippen LogP contribution in [0.2, 0.25) is 0 Å². The summed E-state index contributed by atoms with van der Waals surface area (Å²) >= 11 is 0. The lowest BCUT2D eigenvalue weighted by molar-refractivity contribution is 0.0342. The van der Waals surface area contributed by atoms with Gasteiger partial charge in [-0.3, -0.25) is 9.69 Å². The van der Waals surface area contributed by atoms with E-state index in [-0.39, 0.29) is 30.7 Å². The number of rotatable bonds is 5. The molecule has 2 fully saturated rings. The Hall–Kier alpha value is -1.71. The second-order valence-electron chi connectivity index (χ2n) is 7.56. The molecule has 2 aromatic rings. The third-order valence-corrected chi connectivity index (χ3v) is 5.49. The van der Waals surface area contributed by atoms with Gasteiger partial charge in [-0.2, -0.15) is 0 Å². The van der Waals surface area contributed by atoms with Crippen LogP contribution >= 0.6 is 24.8 Å². The van der Waals surface area contributed by atoms with Crippen LogP contribution in [0, 0.1) is 6.92 Å². The number of nitrogens with one attached hydrogen (secondary N) is 2. The van der Waals surface area contributed by atoms with E-state index in [0.29, 0.717) is 11.7 Å². The summed E-state index contributed by atoms with van der Waals surface area (Å²) in [6.07, 6.45) is 3.78. The molecule has 10 heteroatoms. The second kappa shape index (κ2) is 11.6. The van der Waals surface area contributed by atoms with Crippen LogP contribution in [0.5, 0.6) is 0 Å². The number of piperidine rings is 1. The molecule has 0 unspecified atom stereocenters. The number of halogens is 2. The van der Waals surface area contributed by atoms with E-state index in [2.05, 4.69) is 44.0 Å². The first kappa shape index (κ1) is 24.6. The standard InChI is InChI=1S/C20H28N6O2.2ClH/c1-15-2-3-16(13-25-8-10-28-11-9-25)12-18(15)22-20(27)19-14-26(24-23-19)17-4-6-21-7-5-17;;/h2-3,12,14,17,21H,4-11,13H2,1H3,(H,22,27);2*1H. The van der Waals surface area contributed by atoms with Gasteiger partial charge >= 0.3 is 0 Å². The van der Waals surface area contributed by atoms with Crippen molar-refractivity contribution in [2.24, 2.45) is 0 Å². The monoisotopic (exact) mass is 456 g/mol. The van der Waals surface area contributed by atoms with Crippen LogP contribution < -0.4 is 10.6 Å². The van der Waals surface area contributed by atoms with E-state index in [1.807, 2.05) is 11.6 Å².